The van der Waals surface area contributed by atoms with Crippen LogP contribution in [-0.2, 0) is 6.42 Å². The fourth-order valence-electron chi connectivity index (χ4n) is 2.95. The molecule has 1 atom stereocenters. The number of hydrogen-bond acceptors (Lipinski definition) is 4. The van der Waals surface area contributed by atoms with Gasteiger partial charge in [-0.05, 0) is 54.8 Å². The maximum absolute atomic E-state index is 12.4. The molecule has 0 aliphatic heterocycles. The van der Waals surface area contributed by atoms with Crippen LogP contribution in [0.4, 0.5) is 0 Å². The summed E-state index contributed by atoms with van der Waals surface area (Å²) in [6, 6.07) is 17.6. The van der Waals surface area contributed by atoms with E-state index in [1.807, 2.05) is 43.4 Å². The molecule has 6 nitrogen and oxygen atoms in total. The molecule has 144 valence electrons. The molecule has 0 saturated carbocycles. The van der Waals surface area contributed by atoms with Crippen LogP contribution in [0.1, 0.15) is 15.9 Å². The number of fused-ring (bicyclic) bond motifs is 1. The van der Waals surface area contributed by atoms with Gasteiger partial charge in [-0.25, -0.2) is 0 Å². The Balaban J connectivity index is 1.54. The number of hydrazine groups is 1. The summed E-state index contributed by atoms with van der Waals surface area (Å²) in [5.74, 6) is -0.254. The standard InChI is InChI=1S/C21H23N5OS/c1-22-14-19(11-15-5-3-2-4-6-15)24-21(28)26-25-20(27)17-7-8-18-13-23-10-9-16(18)12-17/h2-10,12-13,19,22H,11,14H2,1H3,(H,25,27)(H2,24,26,28)/t19-/m1/s1. The highest BCUT2D eigenvalue weighted by Gasteiger charge is 2.11. The monoisotopic (exact) mass is 393 g/mol. The molecule has 3 aromatic rings. The molecule has 0 aliphatic rings. The van der Waals surface area contributed by atoms with Gasteiger partial charge in [-0.3, -0.25) is 20.6 Å². The SMILES string of the molecule is CNC[C@@H](Cc1ccccc1)NC(=S)NNC(=O)c1ccc2cnccc2c1. The zero-order valence-electron chi connectivity index (χ0n) is 15.6. The number of benzene rings is 2. The third-order valence-corrected chi connectivity index (χ3v) is 4.52. The maximum atomic E-state index is 12.4. The predicted molar refractivity (Wildman–Crippen MR) is 116 cm³/mol. The van der Waals surface area contributed by atoms with Crippen LogP contribution in [0.2, 0.25) is 0 Å². The zero-order chi connectivity index (χ0) is 19.8. The van der Waals surface area contributed by atoms with Crippen LogP contribution in [0.3, 0.4) is 0 Å². The Morgan fingerprint density at radius 2 is 1.89 bits per heavy atom. The van der Waals surface area contributed by atoms with E-state index in [9.17, 15) is 4.79 Å². The van der Waals surface area contributed by atoms with Gasteiger partial charge in [0.25, 0.3) is 5.91 Å². The third kappa shape index (κ3) is 5.48. The van der Waals surface area contributed by atoms with Crippen LogP contribution in [0.25, 0.3) is 10.8 Å². The highest BCUT2D eigenvalue weighted by Crippen LogP contribution is 2.14. The number of thiocarbonyl (C=S) groups is 1. The first-order chi connectivity index (χ1) is 13.7. The van der Waals surface area contributed by atoms with Crippen molar-refractivity contribution >= 4 is 34.0 Å². The van der Waals surface area contributed by atoms with Crippen molar-refractivity contribution in [3.63, 3.8) is 0 Å². The van der Waals surface area contributed by atoms with Gasteiger partial charge in [0.15, 0.2) is 5.11 Å². The molecule has 1 amide bonds. The van der Waals surface area contributed by atoms with Gasteiger partial charge in [0.2, 0.25) is 0 Å². The summed E-state index contributed by atoms with van der Waals surface area (Å²) in [5, 5.41) is 8.71. The Bertz CT molecular complexity index is 948. The van der Waals surface area contributed by atoms with Gasteiger partial charge in [-0.1, -0.05) is 36.4 Å². The van der Waals surface area contributed by atoms with Gasteiger partial charge in [-0.2, -0.15) is 0 Å². The number of nitrogens with zero attached hydrogens (tertiary/aromatic N) is 1. The van der Waals surface area contributed by atoms with Crippen LogP contribution >= 0.6 is 12.2 Å². The summed E-state index contributed by atoms with van der Waals surface area (Å²) < 4.78 is 0. The third-order valence-electron chi connectivity index (χ3n) is 4.30. The van der Waals surface area contributed by atoms with Crippen LogP contribution < -0.4 is 21.5 Å². The maximum Gasteiger partial charge on any atom is 0.269 e. The number of aromatic nitrogens is 1. The second kappa shape index (κ2) is 9.77. The number of pyridine rings is 1. The average Bonchev–Trinajstić information content (AvgIpc) is 2.72. The van der Waals surface area contributed by atoms with E-state index >= 15 is 0 Å². The fourth-order valence-corrected chi connectivity index (χ4v) is 3.17. The van der Waals surface area contributed by atoms with Crippen molar-refractivity contribution in [1.29, 1.82) is 0 Å². The minimum atomic E-state index is -0.254. The van der Waals surface area contributed by atoms with Gasteiger partial charge in [0, 0.05) is 35.9 Å². The summed E-state index contributed by atoms with van der Waals surface area (Å²) in [7, 11) is 1.90. The van der Waals surface area contributed by atoms with E-state index in [0.29, 0.717) is 10.7 Å². The zero-order valence-corrected chi connectivity index (χ0v) is 16.4. The molecule has 7 heteroatoms. The summed E-state index contributed by atoms with van der Waals surface area (Å²) in [6.07, 6.45) is 4.29. The second-order valence-electron chi connectivity index (χ2n) is 6.43. The number of carbonyl (C=O) groups excluding carboxylic acids is 1. The molecule has 0 unspecified atom stereocenters. The molecule has 2 aromatic carbocycles. The van der Waals surface area contributed by atoms with Gasteiger partial charge in [-0.15, -0.1) is 0 Å². The molecule has 1 heterocycles. The normalized spacial score (nSPS) is 11.6. The topological polar surface area (TPSA) is 78.1 Å². The number of rotatable bonds is 6. The van der Waals surface area contributed by atoms with Crippen LogP contribution in [0, 0.1) is 0 Å². The van der Waals surface area contributed by atoms with Crippen LogP contribution in [0.5, 0.6) is 0 Å². The largest absolute Gasteiger partial charge is 0.357 e. The van der Waals surface area contributed by atoms with Crippen molar-refractivity contribution in [1.82, 2.24) is 26.5 Å². The lowest BCUT2D eigenvalue weighted by Gasteiger charge is -2.21. The minimum absolute atomic E-state index is 0.0949. The molecule has 3 rings (SSSR count). The average molecular weight is 394 g/mol. The Morgan fingerprint density at radius 3 is 2.68 bits per heavy atom. The number of likely N-dealkylation sites (N-methyl/N-ethyl adjacent to an activating group) is 1. The molecule has 0 spiro atoms. The van der Waals surface area contributed by atoms with Crippen molar-refractivity contribution < 1.29 is 4.79 Å². The van der Waals surface area contributed by atoms with E-state index in [0.717, 1.165) is 23.7 Å². The highest BCUT2D eigenvalue weighted by atomic mass is 32.1. The molecule has 0 fully saturated rings. The van der Waals surface area contributed by atoms with Crippen molar-refractivity contribution in [2.75, 3.05) is 13.6 Å². The first-order valence-corrected chi connectivity index (χ1v) is 9.45. The number of hydrogen-bond donors (Lipinski definition) is 4. The fraction of sp³-hybridized carbons (Fsp3) is 0.190. The first-order valence-electron chi connectivity index (χ1n) is 9.05. The second-order valence-corrected chi connectivity index (χ2v) is 6.84. The van der Waals surface area contributed by atoms with Gasteiger partial charge in [0.1, 0.15) is 0 Å². The lowest BCUT2D eigenvalue weighted by atomic mass is 10.1. The van der Waals surface area contributed by atoms with Crippen LogP contribution in [-0.4, -0.2) is 35.6 Å². The van der Waals surface area contributed by atoms with Gasteiger partial charge < -0.3 is 10.6 Å². The van der Waals surface area contributed by atoms with Gasteiger partial charge >= 0.3 is 0 Å². The predicted octanol–water partition coefficient (Wildman–Crippen LogP) is 2.17. The van der Waals surface area contributed by atoms with Crippen molar-refractivity contribution in [2.45, 2.75) is 12.5 Å². The van der Waals surface area contributed by atoms with E-state index < -0.39 is 0 Å². The smallest absolute Gasteiger partial charge is 0.269 e. The first kappa shape index (κ1) is 19.7. The summed E-state index contributed by atoms with van der Waals surface area (Å²) in [6.45, 7) is 0.739. The number of nitrogens with one attached hydrogen (secondary N) is 4. The summed E-state index contributed by atoms with van der Waals surface area (Å²) >= 11 is 5.33. The quantitative estimate of drug-likeness (QED) is 0.380. The molecular formula is C21H23N5OS. The Labute approximate surface area is 169 Å². The molecule has 28 heavy (non-hydrogen) atoms. The summed E-state index contributed by atoms with van der Waals surface area (Å²) in [4.78, 5) is 16.5. The molecule has 0 radical (unpaired) electrons. The Morgan fingerprint density at radius 1 is 1.07 bits per heavy atom. The Hall–Kier alpha value is -3.03. The molecular weight excluding hydrogens is 370 g/mol. The van der Waals surface area contributed by atoms with Gasteiger partial charge in [0.05, 0.1) is 0 Å². The van der Waals surface area contributed by atoms with Crippen molar-refractivity contribution in [3.8, 4) is 0 Å². The molecule has 1 aromatic heterocycles. The Kier molecular flexibility index (Phi) is 6.89. The molecule has 4 N–H and O–H groups in total. The molecule has 0 aliphatic carbocycles. The summed E-state index contributed by atoms with van der Waals surface area (Å²) in [5.41, 5.74) is 7.19. The number of amides is 1. The molecule has 0 bridgehead atoms. The van der Waals surface area contributed by atoms with E-state index in [2.05, 4.69) is 38.6 Å². The molecule has 0 saturated heterocycles. The van der Waals surface area contributed by atoms with Crippen molar-refractivity contribution in [2.24, 2.45) is 0 Å². The minimum Gasteiger partial charge on any atom is -0.357 e. The highest BCUT2D eigenvalue weighted by molar-refractivity contribution is 7.80. The lowest BCUT2D eigenvalue weighted by Crippen LogP contribution is -2.52. The number of carbonyl (C=O) groups is 1. The lowest BCUT2D eigenvalue weighted by molar-refractivity contribution is 0.0943. The van der Waals surface area contributed by atoms with E-state index in [-0.39, 0.29) is 11.9 Å². The van der Waals surface area contributed by atoms with E-state index in [4.69, 9.17) is 12.2 Å². The van der Waals surface area contributed by atoms with E-state index in [1.165, 1.54) is 5.56 Å². The van der Waals surface area contributed by atoms with Crippen molar-refractivity contribution in [3.05, 3.63) is 78.1 Å². The van der Waals surface area contributed by atoms with Crippen LogP contribution in [0.15, 0.2) is 67.0 Å². The van der Waals surface area contributed by atoms with E-state index in [1.54, 1.807) is 18.5 Å².